The molecule has 0 aliphatic carbocycles. The molecule has 8 heteroatoms. The van der Waals surface area contributed by atoms with E-state index in [-0.39, 0.29) is 31.6 Å². The van der Waals surface area contributed by atoms with Gasteiger partial charge in [0.15, 0.2) is 6.61 Å². The molecule has 1 saturated heterocycles. The molecule has 1 fully saturated rings. The van der Waals surface area contributed by atoms with Crippen molar-refractivity contribution in [2.24, 2.45) is 0 Å². The van der Waals surface area contributed by atoms with Gasteiger partial charge in [0.1, 0.15) is 0 Å². The van der Waals surface area contributed by atoms with Gasteiger partial charge < -0.3 is 25.4 Å². The zero-order chi connectivity index (χ0) is 17.9. The number of amides is 3. The highest BCUT2D eigenvalue weighted by molar-refractivity contribution is 5.89. The maximum Gasteiger partial charge on any atom is 0.319 e. The van der Waals surface area contributed by atoms with Crippen LogP contribution in [0, 0.1) is 0 Å². The monoisotopic (exact) mass is 349 g/mol. The van der Waals surface area contributed by atoms with Crippen LogP contribution in [0.5, 0.6) is 0 Å². The Labute approximate surface area is 146 Å². The first-order valence-electron chi connectivity index (χ1n) is 8.27. The Bertz CT molecular complexity index is 573. The fraction of sp³-hybridized carbons (Fsp3) is 0.471. The zero-order valence-electron chi connectivity index (χ0n) is 14.0. The maximum atomic E-state index is 11.6. The van der Waals surface area contributed by atoms with Crippen LogP contribution in [-0.2, 0) is 19.1 Å². The van der Waals surface area contributed by atoms with Crippen LogP contribution in [-0.4, -0.2) is 50.3 Å². The van der Waals surface area contributed by atoms with Gasteiger partial charge in [-0.1, -0.05) is 18.2 Å². The van der Waals surface area contributed by atoms with E-state index in [1.807, 2.05) is 6.07 Å². The molecule has 2 rings (SSSR count). The standard InChI is InChI=1S/C17H23N3O5/c21-15(19-11-14-7-4-10-24-14)12-25-16(22)8-9-18-17(23)20-13-5-2-1-3-6-13/h1-3,5-6,14H,4,7-12H2,(H,19,21)(H2,18,20,23)/t14-/m0/s1. The number of nitrogens with one attached hydrogen (secondary N) is 3. The summed E-state index contributed by atoms with van der Waals surface area (Å²) in [5, 5.41) is 7.84. The first-order valence-corrected chi connectivity index (χ1v) is 8.27. The van der Waals surface area contributed by atoms with Crippen molar-refractivity contribution >= 4 is 23.6 Å². The van der Waals surface area contributed by atoms with Crippen LogP contribution >= 0.6 is 0 Å². The van der Waals surface area contributed by atoms with Crippen molar-refractivity contribution in [2.45, 2.75) is 25.4 Å². The molecule has 0 saturated carbocycles. The molecular weight excluding hydrogens is 326 g/mol. The highest BCUT2D eigenvalue weighted by Crippen LogP contribution is 2.10. The summed E-state index contributed by atoms with van der Waals surface area (Å²) in [5.41, 5.74) is 0.658. The number of hydrogen-bond acceptors (Lipinski definition) is 5. The van der Waals surface area contributed by atoms with Crippen molar-refractivity contribution in [1.29, 1.82) is 0 Å². The van der Waals surface area contributed by atoms with Gasteiger partial charge in [-0.25, -0.2) is 4.79 Å². The number of anilines is 1. The molecule has 3 N–H and O–H groups in total. The second-order valence-electron chi connectivity index (χ2n) is 5.60. The summed E-state index contributed by atoms with van der Waals surface area (Å²) in [7, 11) is 0. The van der Waals surface area contributed by atoms with Crippen LogP contribution in [0.1, 0.15) is 19.3 Å². The van der Waals surface area contributed by atoms with E-state index in [2.05, 4.69) is 16.0 Å². The molecule has 0 radical (unpaired) electrons. The second kappa shape index (κ2) is 10.3. The van der Waals surface area contributed by atoms with Crippen LogP contribution in [0.3, 0.4) is 0 Å². The number of rotatable bonds is 8. The van der Waals surface area contributed by atoms with Crippen molar-refractivity contribution < 1.29 is 23.9 Å². The average Bonchev–Trinajstić information content (AvgIpc) is 3.12. The van der Waals surface area contributed by atoms with Crippen molar-refractivity contribution in [2.75, 3.05) is 31.6 Å². The molecule has 1 aromatic carbocycles. The van der Waals surface area contributed by atoms with Gasteiger partial charge in [-0.3, -0.25) is 9.59 Å². The third-order valence-corrected chi connectivity index (χ3v) is 3.56. The molecule has 1 heterocycles. The minimum absolute atomic E-state index is 0.0127. The van der Waals surface area contributed by atoms with Crippen LogP contribution in [0.15, 0.2) is 30.3 Å². The van der Waals surface area contributed by atoms with Gasteiger partial charge in [0.25, 0.3) is 5.91 Å². The Morgan fingerprint density at radius 3 is 2.68 bits per heavy atom. The molecule has 136 valence electrons. The highest BCUT2D eigenvalue weighted by Gasteiger charge is 2.16. The SMILES string of the molecule is O=C(COC(=O)CCNC(=O)Nc1ccccc1)NC[C@@H]1CCCO1. The van der Waals surface area contributed by atoms with Gasteiger partial charge in [-0.15, -0.1) is 0 Å². The summed E-state index contributed by atoms with van der Waals surface area (Å²) in [6.07, 6.45) is 1.96. The van der Waals surface area contributed by atoms with Crippen molar-refractivity contribution in [3.63, 3.8) is 0 Å². The number of hydrogen-bond donors (Lipinski definition) is 3. The Kier molecular flexibility index (Phi) is 7.71. The molecule has 1 aromatic rings. The lowest BCUT2D eigenvalue weighted by molar-refractivity contribution is -0.148. The largest absolute Gasteiger partial charge is 0.456 e. The number of ether oxygens (including phenoxy) is 2. The van der Waals surface area contributed by atoms with Gasteiger partial charge in [-0.2, -0.15) is 0 Å². The van der Waals surface area contributed by atoms with E-state index < -0.39 is 12.0 Å². The summed E-state index contributed by atoms with van der Waals surface area (Å²) in [4.78, 5) is 34.7. The first kappa shape index (κ1) is 18.7. The lowest BCUT2D eigenvalue weighted by Crippen LogP contribution is -2.35. The van der Waals surface area contributed by atoms with Gasteiger partial charge >= 0.3 is 12.0 Å². The van der Waals surface area contributed by atoms with Crippen LogP contribution < -0.4 is 16.0 Å². The first-order chi connectivity index (χ1) is 12.1. The van der Waals surface area contributed by atoms with Crippen molar-refractivity contribution in [1.82, 2.24) is 10.6 Å². The van der Waals surface area contributed by atoms with E-state index in [4.69, 9.17) is 9.47 Å². The molecule has 0 unspecified atom stereocenters. The fourth-order valence-electron chi connectivity index (χ4n) is 2.28. The third kappa shape index (κ3) is 7.67. The number of carbonyl (C=O) groups excluding carboxylic acids is 3. The summed E-state index contributed by atoms with van der Waals surface area (Å²) < 4.78 is 10.2. The van der Waals surface area contributed by atoms with E-state index in [9.17, 15) is 14.4 Å². The maximum absolute atomic E-state index is 11.6. The summed E-state index contributed by atoms with van der Waals surface area (Å²) in [5.74, 6) is -0.911. The third-order valence-electron chi connectivity index (χ3n) is 3.56. The molecule has 25 heavy (non-hydrogen) atoms. The zero-order valence-corrected chi connectivity index (χ0v) is 14.0. The minimum Gasteiger partial charge on any atom is -0.456 e. The van der Waals surface area contributed by atoms with E-state index in [1.54, 1.807) is 24.3 Å². The fourth-order valence-corrected chi connectivity index (χ4v) is 2.28. The Morgan fingerprint density at radius 1 is 1.16 bits per heavy atom. The number of esters is 1. The van der Waals surface area contributed by atoms with E-state index in [1.165, 1.54) is 0 Å². The van der Waals surface area contributed by atoms with Crippen molar-refractivity contribution in [3.8, 4) is 0 Å². The molecule has 1 aliphatic rings. The Hall–Kier alpha value is -2.61. The number of urea groups is 1. The summed E-state index contributed by atoms with van der Waals surface area (Å²) >= 11 is 0. The number of benzene rings is 1. The number of para-hydroxylation sites is 1. The van der Waals surface area contributed by atoms with Crippen LogP contribution in [0.4, 0.5) is 10.5 Å². The molecular formula is C17H23N3O5. The van der Waals surface area contributed by atoms with E-state index in [0.717, 1.165) is 19.4 Å². The van der Waals surface area contributed by atoms with Gasteiger partial charge in [0, 0.05) is 25.4 Å². The predicted octanol–water partition coefficient (Wildman–Crippen LogP) is 1.04. The minimum atomic E-state index is -0.549. The second-order valence-corrected chi connectivity index (χ2v) is 5.60. The molecule has 1 aliphatic heterocycles. The van der Waals surface area contributed by atoms with E-state index >= 15 is 0 Å². The Morgan fingerprint density at radius 2 is 1.96 bits per heavy atom. The van der Waals surface area contributed by atoms with Crippen LogP contribution in [0.25, 0.3) is 0 Å². The average molecular weight is 349 g/mol. The predicted molar refractivity (Wildman–Crippen MR) is 91.0 cm³/mol. The van der Waals surface area contributed by atoms with Gasteiger partial charge in [0.05, 0.1) is 12.5 Å². The molecule has 0 spiro atoms. The van der Waals surface area contributed by atoms with E-state index in [0.29, 0.717) is 12.2 Å². The molecule has 0 aromatic heterocycles. The number of carbonyl (C=O) groups is 3. The molecule has 1 atom stereocenters. The van der Waals surface area contributed by atoms with Gasteiger partial charge in [-0.05, 0) is 25.0 Å². The summed E-state index contributed by atoms with van der Waals surface area (Å²) in [6, 6.07) is 8.55. The topological polar surface area (TPSA) is 106 Å². The van der Waals surface area contributed by atoms with Gasteiger partial charge in [0.2, 0.25) is 0 Å². The molecule has 8 nitrogen and oxygen atoms in total. The quantitative estimate of drug-likeness (QED) is 0.608. The smallest absolute Gasteiger partial charge is 0.319 e. The van der Waals surface area contributed by atoms with Crippen molar-refractivity contribution in [3.05, 3.63) is 30.3 Å². The molecule has 3 amide bonds. The lowest BCUT2D eigenvalue weighted by atomic mass is 10.2. The normalized spacial score (nSPS) is 16.1. The summed E-state index contributed by atoms with van der Waals surface area (Å²) in [6.45, 7) is 0.939. The molecule has 0 bridgehead atoms. The lowest BCUT2D eigenvalue weighted by Gasteiger charge is -2.11. The highest BCUT2D eigenvalue weighted by atomic mass is 16.5. The van der Waals surface area contributed by atoms with Crippen LogP contribution in [0.2, 0.25) is 0 Å². The Balaban J connectivity index is 1.51.